The first kappa shape index (κ1) is 15.5. The zero-order chi connectivity index (χ0) is 15.4. The summed E-state index contributed by atoms with van der Waals surface area (Å²) in [5.41, 5.74) is 0.870. The van der Waals surface area contributed by atoms with E-state index in [0.717, 1.165) is 45.0 Å². The Balaban J connectivity index is 1.48. The van der Waals surface area contributed by atoms with Crippen molar-refractivity contribution in [1.29, 1.82) is 0 Å². The Kier molecular flexibility index (Phi) is 5.08. The molecule has 0 spiro atoms. The number of anilines is 1. The third-order valence-corrected chi connectivity index (χ3v) is 4.87. The van der Waals surface area contributed by atoms with Gasteiger partial charge in [0.15, 0.2) is 0 Å². The molecule has 1 aromatic rings. The quantitative estimate of drug-likeness (QED) is 0.871. The van der Waals surface area contributed by atoms with Crippen molar-refractivity contribution in [3.63, 3.8) is 0 Å². The Bertz CT molecular complexity index is 479. The summed E-state index contributed by atoms with van der Waals surface area (Å²) in [4.78, 5) is 17.2. The van der Waals surface area contributed by atoms with E-state index in [2.05, 4.69) is 20.4 Å². The summed E-state index contributed by atoms with van der Waals surface area (Å²) in [5.74, 6) is 0.0854. The number of nitrogens with zero attached hydrogens (tertiary/aromatic N) is 2. The number of benzene rings is 1. The van der Waals surface area contributed by atoms with Crippen molar-refractivity contribution < 1.29 is 4.79 Å². The number of amides is 1. The van der Waals surface area contributed by atoms with Crippen LogP contribution in [0.5, 0.6) is 0 Å². The van der Waals surface area contributed by atoms with Gasteiger partial charge >= 0.3 is 0 Å². The van der Waals surface area contributed by atoms with E-state index in [4.69, 9.17) is 0 Å². The van der Waals surface area contributed by atoms with E-state index in [1.165, 1.54) is 6.42 Å². The number of carbonyl (C=O) groups is 1. The molecule has 2 saturated heterocycles. The fraction of sp³-hybridized carbons (Fsp3) is 0.588. The highest BCUT2D eigenvalue weighted by Gasteiger charge is 2.29. The number of carbonyl (C=O) groups excluding carboxylic acids is 1. The van der Waals surface area contributed by atoms with E-state index >= 15 is 0 Å². The highest BCUT2D eigenvalue weighted by atomic mass is 16.2. The van der Waals surface area contributed by atoms with Gasteiger partial charge < -0.3 is 10.6 Å². The van der Waals surface area contributed by atoms with Crippen LogP contribution in [-0.2, 0) is 4.79 Å². The molecule has 2 atom stereocenters. The zero-order valence-electron chi connectivity index (χ0n) is 13.3. The van der Waals surface area contributed by atoms with E-state index in [9.17, 15) is 4.79 Å². The molecule has 1 amide bonds. The van der Waals surface area contributed by atoms with Crippen LogP contribution in [0.2, 0.25) is 0 Å². The molecule has 0 aromatic heterocycles. The predicted molar refractivity (Wildman–Crippen MR) is 89.0 cm³/mol. The molecule has 0 radical (unpaired) electrons. The minimum atomic E-state index is -0.0796. The highest BCUT2D eigenvalue weighted by molar-refractivity contribution is 5.94. The van der Waals surface area contributed by atoms with Gasteiger partial charge in [0, 0.05) is 44.5 Å². The van der Waals surface area contributed by atoms with Crippen molar-refractivity contribution >= 4 is 11.6 Å². The first-order valence-electron chi connectivity index (χ1n) is 8.29. The maximum Gasteiger partial charge on any atom is 0.241 e. The highest BCUT2D eigenvalue weighted by Crippen LogP contribution is 2.14. The van der Waals surface area contributed by atoms with Gasteiger partial charge in [-0.25, -0.2) is 0 Å². The number of piperazine rings is 1. The Morgan fingerprint density at radius 2 is 1.95 bits per heavy atom. The summed E-state index contributed by atoms with van der Waals surface area (Å²) < 4.78 is 0. The van der Waals surface area contributed by atoms with E-state index in [0.29, 0.717) is 6.04 Å². The van der Waals surface area contributed by atoms with Crippen molar-refractivity contribution in [2.24, 2.45) is 0 Å². The summed E-state index contributed by atoms with van der Waals surface area (Å²) in [5, 5.41) is 6.43. The van der Waals surface area contributed by atoms with Gasteiger partial charge in [-0.15, -0.1) is 0 Å². The molecule has 22 heavy (non-hydrogen) atoms. The predicted octanol–water partition coefficient (Wildman–Crippen LogP) is 0.993. The summed E-state index contributed by atoms with van der Waals surface area (Å²) >= 11 is 0. The molecule has 2 unspecified atom stereocenters. The number of nitrogens with one attached hydrogen (secondary N) is 2. The summed E-state index contributed by atoms with van der Waals surface area (Å²) in [6, 6.07) is 10.3. The number of rotatable bonds is 4. The molecule has 2 aliphatic rings. The Morgan fingerprint density at radius 1 is 1.23 bits per heavy atom. The molecular weight excluding hydrogens is 276 g/mol. The van der Waals surface area contributed by atoms with Crippen LogP contribution in [0.3, 0.4) is 0 Å². The Morgan fingerprint density at radius 3 is 2.59 bits per heavy atom. The van der Waals surface area contributed by atoms with E-state index in [1.807, 2.05) is 37.3 Å². The summed E-state index contributed by atoms with van der Waals surface area (Å²) in [7, 11) is 0. The Labute approximate surface area is 132 Å². The number of hydrogen-bond acceptors (Lipinski definition) is 4. The van der Waals surface area contributed by atoms with Crippen LogP contribution in [0.1, 0.15) is 13.3 Å². The average Bonchev–Trinajstić information content (AvgIpc) is 3.10. The average molecular weight is 302 g/mol. The molecule has 2 aliphatic heterocycles. The van der Waals surface area contributed by atoms with Crippen molar-refractivity contribution in [2.45, 2.75) is 25.4 Å². The van der Waals surface area contributed by atoms with Crippen molar-refractivity contribution in [1.82, 2.24) is 15.1 Å². The monoisotopic (exact) mass is 302 g/mol. The van der Waals surface area contributed by atoms with Crippen LogP contribution in [0.25, 0.3) is 0 Å². The molecule has 2 fully saturated rings. The largest absolute Gasteiger partial charge is 0.325 e. The van der Waals surface area contributed by atoms with Crippen molar-refractivity contribution in [3.8, 4) is 0 Å². The van der Waals surface area contributed by atoms with Gasteiger partial charge in [-0.05, 0) is 32.0 Å². The third-order valence-electron chi connectivity index (χ3n) is 4.87. The van der Waals surface area contributed by atoms with Gasteiger partial charge in [-0.1, -0.05) is 18.2 Å². The summed E-state index contributed by atoms with van der Waals surface area (Å²) in [6.45, 7) is 8.33. The van der Waals surface area contributed by atoms with Gasteiger partial charge in [0.25, 0.3) is 0 Å². The van der Waals surface area contributed by atoms with E-state index in [-0.39, 0.29) is 11.9 Å². The van der Waals surface area contributed by atoms with Crippen LogP contribution < -0.4 is 10.6 Å². The lowest BCUT2D eigenvalue weighted by Crippen LogP contribution is -2.55. The van der Waals surface area contributed by atoms with E-state index < -0.39 is 0 Å². The molecule has 0 aliphatic carbocycles. The zero-order valence-corrected chi connectivity index (χ0v) is 13.3. The van der Waals surface area contributed by atoms with Crippen molar-refractivity contribution in [2.75, 3.05) is 44.6 Å². The van der Waals surface area contributed by atoms with Crippen molar-refractivity contribution in [3.05, 3.63) is 30.3 Å². The molecule has 120 valence electrons. The normalized spacial score (nSPS) is 25.0. The lowest BCUT2D eigenvalue weighted by Gasteiger charge is -2.39. The molecule has 3 rings (SSSR count). The van der Waals surface area contributed by atoms with Gasteiger partial charge in [0.05, 0.1) is 6.04 Å². The Hall–Kier alpha value is -1.43. The summed E-state index contributed by atoms with van der Waals surface area (Å²) in [6.07, 6.45) is 1.25. The van der Waals surface area contributed by atoms with Gasteiger partial charge in [-0.2, -0.15) is 0 Å². The second kappa shape index (κ2) is 7.22. The van der Waals surface area contributed by atoms with Gasteiger partial charge in [-0.3, -0.25) is 14.6 Å². The molecule has 0 bridgehead atoms. The third kappa shape index (κ3) is 3.66. The molecule has 1 aromatic carbocycles. The molecular formula is C17H26N4O. The topological polar surface area (TPSA) is 47.6 Å². The van der Waals surface area contributed by atoms with E-state index in [1.54, 1.807) is 0 Å². The van der Waals surface area contributed by atoms with Crippen LogP contribution >= 0.6 is 0 Å². The first-order chi connectivity index (χ1) is 10.7. The standard InChI is InChI=1S/C17H26N4O/c1-14(17(22)19-15-5-3-2-4-6-15)20-9-11-21(12-10-20)16-7-8-18-13-16/h2-6,14,16,18H,7-13H2,1H3,(H,19,22). The maximum atomic E-state index is 12.4. The number of hydrogen-bond donors (Lipinski definition) is 2. The molecule has 5 heteroatoms. The minimum Gasteiger partial charge on any atom is -0.325 e. The molecule has 5 nitrogen and oxygen atoms in total. The number of para-hydroxylation sites is 1. The van der Waals surface area contributed by atoms with Crippen LogP contribution in [-0.4, -0.2) is 67.1 Å². The lowest BCUT2D eigenvalue weighted by atomic mass is 10.1. The fourth-order valence-corrected chi connectivity index (χ4v) is 3.37. The minimum absolute atomic E-state index is 0.0796. The van der Waals surface area contributed by atoms with Crippen LogP contribution in [0.15, 0.2) is 30.3 Å². The molecule has 2 N–H and O–H groups in total. The fourth-order valence-electron chi connectivity index (χ4n) is 3.37. The molecule has 2 heterocycles. The second-order valence-corrected chi connectivity index (χ2v) is 6.25. The first-order valence-corrected chi connectivity index (χ1v) is 8.29. The van der Waals surface area contributed by atoms with Gasteiger partial charge in [0.2, 0.25) is 5.91 Å². The van der Waals surface area contributed by atoms with Crippen LogP contribution in [0, 0.1) is 0 Å². The smallest absolute Gasteiger partial charge is 0.241 e. The lowest BCUT2D eigenvalue weighted by molar-refractivity contribution is -0.121. The van der Waals surface area contributed by atoms with Crippen LogP contribution in [0.4, 0.5) is 5.69 Å². The molecule has 0 saturated carbocycles. The maximum absolute atomic E-state index is 12.4. The second-order valence-electron chi connectivity index (χ2n) is 6.25. The SMILES string of the molecule is CC(C(=O)Nc1ccccc1)N1CCN(C2CCNC2)CC1. The van der Waals surface area contributed by atoms with Gasteiger partial charge in [0.1, 0.15) is 0 Å².